The highest BCUT2D eigenvalue weighted by Crippen LogP contribution is 2.54. The third-order valence-corrected chi connectivity index (χ3v) is 16.3. The maximum Gasteiger partial charge on any atom is 0.221 e. The second-order valence-electron chi connectivity index (χ2n) is 18.4. The first kappa shape index (κ1) is 47.5. The first-order valence-electron chi connectivity index (χ1n) is 24.2. The van der Waals surface area contributed by atoms with Crippen molar-refractivity contribution in [1.29, 1.82) is 0 Å². The molecule has 11 rings (SSSR count). The number of fused-ring (bicyclic) bond motifs is 9. The molecule has 0 N–H and O–H groups in total. The molecular weight excluding hydrogens is 955 g/mol. The van der Waals surface area contributed by atoms with Gasteiger partial charge in [-0.3, -0.25) is 4.79 Å². The van der Waals surface area contributed by atoms with Gasteiger partial charge in [-0.25, -0.2) is 0 Å². The monoisotopic (exact) mass is 1010 g/mol. The first-order valence-corrected chi connectivity index (χ1v) is 27.0. The molecule has 12 heteroatoms. The van der Waals surface area contributed by atoms with Crippen molar-refractivity contribution in [3.8, 4) is 62.1 Å². The van der Waals surface area contributed by atoms with Crippen molar-refractivity contribution in [2.24, 2.45) is 0 Å². The zero-order valence-corrected chi connectivity index (χ0v) is 43.6. The number of carbonyl (C=O) groups excluding carboxylic acids is 1. The summed E-state index contributed by atoms with van der Waals surface area (Å²) in [7, 11) is 1.46. The fraction of sp³-hybridized carbons (Fsp3) is 0.197. The molecule has 0 fully saturated rings. The van der Waals surface area contributed by atoms with Gasteiger partial charge in [-0.1, -0.05) is 72.8 Å². The van der Waals surface area contributed by atoms with E-state index in [0.717, 1.165) is 106 Å². The van der Waals surface area contributed by atoms with Crippen molar-refractivity contribution in [3.63, 3.8) is 0 Å². The molecule has 368 valence electrons. The molecule has 10 nitrogen and oxygen atoms in total. The molecule has 0 bridgehead atoms. The Balaban J connectivity index is 1.25. The van der Waals surface area contributed by atoms with Gasteiger partial charge in [0.25, 0.3) is 0 Å². The van der Waals surface area contributed by atoms with Crippen LogP contribution in [-0.2, 0) is 12.3 Å². The predicted octanol–water partition coefficient (Wildman–Crippen LogP) is 17.2. The highest BCUT2D eigenvalue weighted by atomic mass is 31.1. The number of methoxy groups -OCH3 is 3. The molecule has 8 aromatic carbocycles. The average molecular weight is 1010 g/mol. The maximum absolute atomic E-state index is 12.4. The van der Waals surface area contributed by atoms with E-state index in [0.29, 0.717) is 77.4 Å². The van der Waals surface area contributed by atoms with Crippen molar-refractivity contribution in [1.82, 2.24) is 0 Å². The van der Waals surface area contributed by atoms with E-state index in [1.54, 1.807) is 21.3 Å². The van der Waals surface area contributed by atoms with E-state index in [4.69, 9.17) is 40.5 Å². The highest BCUT2D eigenvalue weighted by Gasteiger charge is 2.29. The minimum atomic E-state index is -1.79. The quantitative estimate of drug-likeness (QED) is 0.123. The van der Waals surface area contributed by atoms with E-state index in [9.17, 15) is 4.79 Å². The summed E-state index contributed by atoms with van der Waals surface area (Å²) in [4.78, 5) is 12.4. The Bertz CT molecular complexity index is 3790. The Kier molecular flexibility index (Phi) is 13.0. The molecule has 0 amide bonds. The molecule has 0 saturated heterocycles. The number of hydrogen-bond acceptors (Lipinski definition) is 10. The molecule has 73 heavy (non-hydrogen) atoms. The summed E-state index contributed by atoms with van der Waals surface area (Å²) >= 11 is 0. The SMILES string of the molecule is COc1cc(C)c2op(Cc3c(-c4ccccc4)ccc4c3-c3c(ccc(-c5ccccc5)c3Cp3oc5c(C)cc(OC)cc5c5cc(OC)cc(C)c5o3)OCCCO4)oc3c(C)cc(C=O)cc3c2c1. The van der Waals surface area contributed by atoms with Crippen LogP contribution in [0.2, 0.25) is 0 Å². The number of carbonyl (C=O) groups is 1. The zero-order valence-electron chi connectivity index (χ0n) is 41.8. The molecule has 1 unspecified atom stereocenters. The van der Waals surface area contributed by atoms with Gasteiger partial charge in [0.15, 0.2) is 0 Å². The van der Waals surface area contributed by atoms with Crippen LogP contribution in [0.25, 0.3) is 77.3 Å². The lowest BCUT2D eigenvalue weighted by atomic mass is 9.86. The second-order valence-corrected chi connectivity index (χ2v) is 21.0. The van der Waals surface area contributed by atoms with E-state index < -0.39 is 16.0 Å². The Morgan fingerprint density at radius 1 is 0.466 bits per heavy atom. The van der Waals surface area contributed by atoms with Crippen LogP contribution < -0.4 is 23.7 Å². The Morgan fingerprint density at radius 3 is 1.21 bits per heavy atom. The molecule has 1 atom stereocenters. The van der Waals surface area contributed by atoms with Crippen molar-refractivity contribution >= 4 is 66.2 Å². The molecule has 0 radical (unpaired) electrons. The lowest BCUT2D eigenvalue weighted by Gasteiger charge is -2.24. The van der Waals surface area contributed by atoms with Crippen LogP contribution in [0.1, 0.15) is 50.2 Å². The van der Waals surface area contributed by atoms with Crippen LogP contribution in [0.15, 0.2) is 150 Å². The first-order chi connectivity index (χ1) is 35.6. The Morgan fingerprint density at radius 2 is 0.836 bits per heavy atom. The van der Waals surface area contributed by atoms with E-state index in [-0.39, 0.29) is 0 Å². The minimum absolute atomic E-state index is 0.338. The number of ether oxygens (including phenoxy) is 5. The van der Waals surface area contributed by atoms with Crippen molar-refractivity contribution in [2.75, 3.05) is 34.5 Å². The number of benzene rings is 8. The van der Waals surface area contributed by atoms with E-state index >= 15 is 0 Å². The molecule has 0 spiro atoms. The van der Waals surface area contributed by atoms with Gasteiger partial charge in [0.2, 0.25) is 16.0 Å². The van der Waals surface area contributed by atoms with Gasteiger partial charge in [0.1, 0.15) is 57.4 Å². The molecule has 0 saturated carbocycles. The Hall–Kier alpha value is -7.77. The van der Waals surface area contributed by atoms with E-state index in [2.05, 4.69) is 72.8 Å². The van der Waals surface area contributed by atoms with E-state index in [1.165, 1.54) is 0 Å². The number of aryl methyl sites for hydroxylation is 4. The third-order valence-electron chi connectivity index (χ3n) is 13.6. The Labute approximate surface area is 425 Å². The fourth-order valence-corrected chi connectivity index (χ4v) is 13.4. The number of rotatable bonds is 10. The minimum Gasteiger partial charge on any atom is -0.497 e. The lowest BCUT2D eigenvalue weighted by molar-refractivity contribution is 0.112. The maximum atomic E-state index is 12.4. The van der Waals surface area contributed by atoms with Crippen LogP contribution in [0, 0.1) is 27.7 Å². The van der Waals surface area contributed by atoms with Crippen molar-refractivity contribution in [2.45, 2.75) is 46.4 Å². The average Bonchev–Trinajstić information content (AvgIpc) is 3.62. The summed E-state index contributed by atoms with van der Waals surface area (Å²) in [6, 6.07) is 45.0. The second kappa shape index (κ2) is 20.0. The molecule has 1 aliphatic heterocycles. The highest BCUT2D eigenvalue weighted by molar-refractivity contribution is 7.36. The smallest absolute Gasteiger partial charge is 0.221 e. The number of aldehydes is 1. The van der Waals surface area contributed by atoms with Crippen LogP contribution in [0.4, 0.5) is 0 Å². The van der Waals surface area contributed by atoms with Crippen LogP contribution in [-0.4, -0.2) is 40.8 Å². The topological polar surface area (TPSA) is 116 Å². The summed E-state index contributed by atoms with van der Waals surface area (Å²) in [5.74, 6) is 3.53. The molecule has 3 heterocycles. The normalized spacial score (nSPS) is 12.5. The molecule has 10 aromatic rings. The summed E-state index contributed by atoms with van der Waals surface area (Å²) in [6.07, 6.45) is 2.23. The van der Waals surface area contributed by atoms with Gasteiger partial charge in [0, 0.05) is 44.7 Å². The van der Waals surface area contributed by atoms with Gasteiger partial charge < -0.3 is 40.5 Å². The van der Waals surface area contributed by atoms with Crippen LogP contribution in [0.3, 0.4) is 0 Å². The zero-order chi connectivity index (χ0) is 50.3. The summed E-state index contributed by atoms with van der Waals surface area (Å²) in [6.45, 7) is 8.94. The summed E-state index contributed by atoms with van der Waals surface area (Å²) < 4.78 is 60.1. The number of hydrogen-bond donors (Lipinski definition) is 0. The lowest BCUT2D eigenvalue weighted by Crippen LogP contribution is -2.03. The van der Waals surface area contributed by atoms with Gasteiger partial charge in [-0.15, -0.1) is 0 Å². The van der Waals surface area contributed by atoms with Crippen molar-refractivity contribution < 1.29 is 45.3 Å². The van der Waals surface area contributed by atoms with Gasteiger partial charge in [-0.05, 0) is 144 Å². The standard InChI is InChI=1S/C61H54O10P2/c1-36-25-40(33-62)29-48-49-30-43(63-5)26-37(2)59(49)69-72(68-58(36)48)34-52-46(41-15-10-8-11-16-41)19-21-54-56(52)57-53(47(42-17-12-9-13-18-42)20-22-55(57)67-24-14-23-66-54)35-73-70-60-38(3)27-44(64-6)31-50(60)51-32-45(65-7)28-39(4)61(51)71-73/h8-13,15-22,25-33H,14,23-24,34-35H2,1-7H3. The van der Waals surface area contributed by atoms with Gasteiger partial charge >= 0.3 is 0 Å². The molecule has 0 aliphatic carbocycles. The van der Waals surface area contributed by atoms with Crippen LogP contribution >= 0.6 is 16.0 Å². The van der Waals surface area contributed by atoms with Gasteiger partial charge in [0.05, 0.1) is 46.9 Å². The molecule has 2 aromatic heterocycles. The molecular formula is C61H54O10P2. The van der Waals surface area contributed by atoms with Crippen LogP contribution in [0.5, 0.6) is 28.7 Å². The predicted molar refractivity (Wildman–Crippen MR) is 293 cm³/mol. The summed E-state index contributed by atoms with van der Waals surface area (Å²) in [5, 5.41) is 3.28. The largest absolute Gasteiger partial charge is 0.497 e. The van der Waals surface area contributed by atoms with Crippen molar-refractivity contribution in [3.05, 3.63) is 172 Å². The fourth-order valence-electron chi connectivity index (χ4n) is 10.1. The summed E-state index contributed by atoms with van der Waals surface area (Å²) in [5.41, 5.74) is 14.6. The molecule has 1 aliphatic rings. The van der Waals surface area contributed by atoms with Gasteiger partial charge in [-0.2, -0.15) is 0 Å². The van der Waals surface area contributed by atoms with E-state index in [1.807, 2.05) is 88.4 Å². The third kappa shape index (κ3) is 9.00.